The third-order valence-corrected chi connectivity index (χ3v) is 7.26. The highest BCUT2D eigenvalue weighted by molar-refractivity contribution is 7.81. The molecule has 0 unspecified atom stereocenters. The van der Waals surface area contributed by atoms with Crippen LogP contribution in [-0.2, 0) is 21.8 Å². The standard InChI is InChI=1S/C28H28FNO5SSi/c1-19-21(15-20(13-14-37(2,3)4)16-27(19)35-36(29,32)33)17-30-28(31)34-18-26-24-11-7-5-9-22(24)23-10-6-8-12-25(23)26/h5-12,15-16,26H,17-18H2,1-4H3,(H,30,31). The molecule has 1 aliphatic rings. The maximum absolute atomic E-state index is 13.3. The summed E-state index contributed by atoms with van der Waals surface area (Å²) in [6, 6.07) is 19.2. The Morgan fingerprint density at radius 3 is 2.19 bits per heavy atom. The second-order valence-electron chi connectivity index (χ2n) is 9.91. The number of carbonyl (C=O) groups excluding carboxylic acids is 1. The summed E-state index contributed by atoms with van der Waals surface area (Å²) < 4.78 is 45.7. The van der Waals surface area contributed by atoms with Gasteiger partial charge in [0.2, 0.25) is 0 Å². The van der Waals surface area contributed by atoms with Gasteiger partial charge >= 0.3 is 16.6 Å². The van der Waals surface area contributed by atoms with E-state index in [1.807, 2.05) is 36.4 Å². The van der Waals surface area contributed by atoms with Crippen molar-refractivity contribution in [2.24, 2.45) is 0 Å². The molecule has 37 heavy (non-hydrogen) atoms. The molecule has 0 aromatic heterocycles. The number of hydrogen-bond acceptors (Lipinski definition) is 5. The Morgan fingerprint density at radius 2 is 1.62 bits per heavy atom. The van der Waals surface area contributed by atoms with Crippen LogP contribution in [0.1, 0.15) is 33.7 Å². The van der Waals surface area contributed by atoms with Crippen LogP contribution in [0.5, 0.6) is 5.75 Å². The van der Waals surface area contributed by atoms with Gasteiger partial charge in [0, 0.05) is 18.0 Å². The molecule has 0 atom stereocenters. The first-order valence-corrected chi connectivity index (χ1v) is 16.6. The van der Waals surface area contributed by atoms with Crippen molar-refractivity contribution in [2.45, 2.75) is 39.0 Å². The summed E-state index contributed by atoms with van der Waals surface area (Å²) in [6.45, 7) is 7.97. The molecule has 0 bridgehead atoms. The van der Waals surface area contributed by atoms with E-state index in [1.54, 1.807) is 13.0 Å². The summed E-state index contributed by atoms with van der Waals surface area (Å²) in [4.78, 5) is 12.6. The normalized spacial score (nSPS) is 12.7. The lowest BCUT2D eigenvalue weighted by atomic mass is 9.98. The SMILES string of the molecule is Cc1c(CNC(=O)OCC2c3ccccc3-c3ccccc32)cc(C#C[Si](C)(C)C)cc1OS(=O)(=O)F. The highest BCUT2D eigenvalue weighted by atomic mass is 32.3. The molecule has 6 nitrogen and oxygen atoms in total. The molecule has 0 saturated carbocycles. The number of amides is 1. The number of halogens is 1. The van der Waals surface area contributed by atoms with Crippen molar-refractivity contribution in [3.05, 3.63) is 88.5 Å². The molecule has 0 saturated heterocycles. The second-order valence-corrected chi connectivity index (χ2v) is 15.6. The number of alkyl carbamates (subject to hydrolysis) is 1. The van der Waals surface area contributed by atoms with Crippen LogP contribution in [0, 0.1) is 18.4 Å². The molecule has 192 valence electrons. The number of nitrogens with one attached hydrogen (secondary N) is 1. The lowest BCUT2D eigenvalue weighted by Crippen LogP contribution is -2.26. The van der Waals surface area contributed by atoms with Gasteiger partial charge < -0.3 is 14.2 Å². The van der Waals surface area contributed by atoms with Gasteiger partial charge in [-0.25, -0.2) is 4.79 Å². The second kappa shape index (κ2) is 10.4. The zero-order chi connectivity index (χ0) is 26.8. The molecule has 0 radical (unpaired) electrons. The van der Waals surface area contributed by atoms with Crippen LogP contribution in [-0.4, -0.2) is 29.2 Å². The fourth-order valence-electron chi connectivity index (χ4n) is 4.27. The van der Waals surface area contributed by atoms with Gasteiger partial charge in [0.05, 0.1) is 0 Å². The van der Waals surface area contributed by atoms with E-state index >= 15 is 0 Å². The van der Waals surface area contributed by atoms with Crippen molar-refractivity contribution in [1.29, 1.82) is 0 Å². The Hall–Kier alpha value is -3.61. The molecule has 0 spiro atoms. The predicted octanol–water partition coefficient (Wildman–Crippen LogP) is 5.86. The molecule has 3 aromatic carbocycles. The molecule has 1 aliphatic carbocycles. The first kappa shape index (κ1) is 26.4. The van der Waals surface area contributed by atoms with Crippen LogP contribution in [0.2, 0.25) is 19.6 Å². The van der Waals surface area contributed by atoms with Crippen LogP contribution in [0.3, 0.4) is 0 Å². The third-order valence-electron chi connectivity index (χ3n) is 6.01. The van der Waals surface area contributed by atoms with Crippen LogP contribution >= 0.6 is 0 Å². The minimum Gasteiger partial charge on any atom is -0.449 e. The van der Waals surface area contributed by atoms with Crippen molar-refractivity contribution >= 4 is 24.7 Å². The molecule has 3 aromatic rings. The first-order chi connectivity index (χ1) is 17.4. The Kier molecular flexibility index (Phi) is 7.43. The number of rotatable bonds is 6. The number of fused-ring (bicyclic) bond motifs is 3. The quantitative estimate of drug-likeness (QED) is 0.242. The Labute approximate surface area is 218 Å². The van der Waals surface area contributed by atoms with Gasteiger partial charge in [0.1, 0.15) is 20.4 Å². The largest absolute Gasteiger partial charge is 0.488 e. The summed E-state index contributed by atoms with van der Waals surface area (Å²) >= 11 is 0. The van der Waals surface area contributed by atoms with Gasteiger partial charge in [-0.05, 0) is 52.4 Å². The van der Waals surface area contributed by atoms with Gasteiger partial charge in [-0.1, -0.05) is 78.0 Å². The Bertz CT molecular complexity index is 1470. The van der Waals surface area contributed by atoms with E-state index in [0.29, 0.717) is 16.7 Å². The predicted molar refractivity (Wildman–Crippen MR) is 144 cm³/mol. The summed E-state index contributed by atoms with van der Waals surface area (Å²) in [5.74, 6) is 2.77. The van der Waals surface area contributed by atoms with Crippen molar-refractivity contribution in [3.8, 4) is 28.3 Å². The number of carbonyl (C=O) groups is 1. The van der Waals surface area contributed by atoms with Crippen LogP contribution in [0.25, 0.3) is 11.1 Å². The smallest absolute Gasteiger partial charge is 0.449 e. The molecule has 0 fully saturated rings. The van der Waals surface area contributed by atoms with Gasteiger partial charge in [-0.3, -0.25) is 0 Å². The maximum Gasteiger partial charge on any atom is 0.488 e. The molecule has 0 heterocycles. The molecule has 9 heteroatoms. The lowest BCUT2D eigenvalue weighted by Gasteiger charge is -2.16. The summed E-state index contributed by atoms with van der Waals surface area (Å²) in [6.07, 6.45) is -0.625. The molecular formula is C28H28FNO5SSi. The maximum atomic E-state index is 13.3. The van der Waals surface area contributed by atoms with Crippen LogP contribution in [0.15, 0.2) is 60.7 Å². The van der Waals surface area contributed by atoms with Gasteiger partial charge in [0.15, 0.2) is 0 Å². The Morgan fingerprint density at radius 1 is 1.03 bits per heavy atom. The fraction of sp³-hybridized carbons (Fsp3) is 0.250. The van der Waals surface area contributed by atoms with Gasteiger partial charge in [0.25, 0.3) is 0 Å². The van der Waals surface area contributed by atoms with E-state index in [-0.39, 0.29) is 24.8 Å². The molecule has 4 rings (SSSR count). The lowest BCUT2D eigenvalue weighted by molar-refractivity contribution is 0.142. The molecule has 0 aliphatic heterocycles. The van der Waals surface area contributed by atoms with E-state index in [4.69, 9.17) is 4.74 Å². The highest BCUT2D eigenvalue weighted by Crippen LogP contribution is 2.44. The number of benzene rings is 3. The van der Waals surface area contributed by atoms with Gasteiger partial charge in [-0.15, -0.1) is 5.54 Å². The monoisotopic (exact) mass is 537 g/mol. The first-order valence-electron chi connectivity index (χ1n) is 11.8. The van der Waals surface area contributed by atoms with E-state index in [9.17, 15) is 17.1 Å². The fourth-order valence-corrected chi connectivity index (χ4v) is 5.18. The van der Waals surface area contributed by atoms with E-state index in [2.05, 4.69) is 52.7 Å². The summed E-state index contributed by atoms with van der Waals surface area (Å²) in [5, 5.41) is 2.70. The summed E-state index contributed by atoms with van der Waals surface area (Å²) in [5.41, 5.74) is 9.05. The van der Waals surface area contributed by atoms with Crippen LogP contribution in [0.4, 0.5) is 8.68 Å². The molecular weight excluding hydrogens is 509 g/mol. The van der Waals surface area contributed by atoms with Gasteiger partial charge in [-0.2, -0.15) is 8.42 Å². The third kappa shape index (κ3) is 6.59. The number of hydrogen-bond donors (Lipinski definition) is 1. The Balaban J connectivity index is 1.49. The average Bonchev–Trinajstić information content (AvgIpc) is 3.14. The number of ether oxygens (including phenoxy) is 1. The van der Waals surface area contributed by atoms with Crippen molar-refractivity contribution in [2.75, 3.05) is 6.61 Å². The van der Waals surface area contributed by atoms with Crippen molar-refractivity contribution in [1.82, 2.24) is 5.32 Å². The minimum absolute atomic E-state index is 0.0215. The minimum atomic E-state index is -5.23. The molecule has 1 amide bonds. The summed E-state index contributed by atoms with van der Waals surface area (Å²) in [7, 11) is -6.96. The zero-order valence-electron chi connectivity index (χ0n) is 21.1. The highest BCUT2D eigenvalue weighted by Gasteiger charge is 2.29. The van der Waals surface area contributed by atoms with E-state index in [1.165, 1.54) is 6.07 Å². The van der Waals surface area contributed by atoms with E-state index < -0.39 is 24.7 Å². The van der Waals surface area contributed by atoms with Crippen molar-refractivity contribution < 1.29 is 26.0 Å². The van der Waals surface area contributed by atoms with Crippen LogP contribution < -0.4 is 9.50 Å². The van der Waals surface area contributed by atoms with Crippen molar-refractivity contribution in [3.63, 3.8) is 0 Å². The average molecular weight is 538 g/mol. The molecule has 1 N–H and O–H groups in total. The topological polar surface area (TPSA) is 81.7 Å². The zero-order valence-corrected chi connectivity index (χ0v) is 22.9. The van der Waals surface area contributed by atoms with E-state index in [0.717, 1.165) is 22.3 Å².